The number of carbonyl (C=O) groups excluding carboxylic acids is 1. The van der Waals surface area contributed by atoms with Crippen molar-refractivity contribution in [1.82, 2.24) is 10.3 Å². The van der Waals surface area contributed by atoms with Crippen molar-refractivity contribution < 1.29 is 13.9 Å². The van der Waals surface area contributed by atoms with Gasteiger partial charge in [0.05, 0.1) is 5.56 Å². The van der Waals surface area contributed by atoms with Crippen LogP contribution in [0.15, 0.2) is 42.6 Å². The molecular weight excluding hydrogens is 347 g/mol. The minimum atomic E-state index is -0.218. The highest BCUT2D eigenvalue weighted by Gasteiger charge is 2.18. The van der Waals surface area contributed by atoms with E-state index >= 15 is 0 Å². The quantitative estimate of drug-likeness (QED) is 0.756. The summed E-state index contributed by atoms with van der Waals surface area (Å²) in [6.07, 6.45) is 2.40. The Bertz CT molecular complexity index is 729. The molecule has 6 nitrogen and oxygen atoms in total. The fourth-order valence-electron chi connectivity index (χ4n) is 3.07. The Morgan fingerprint density at radius 2 is 1.81 bits per heavy atom. The number of benzene rings is 1. The van der Waals surface area contributed by atoms with Crippen molar-refractivity contribution in [2.75, 3.05) is 56.2 Å². The van der Waals surface area contributed by atoms with Crippen LogP contribution in [0.25, 0.3) is 0 Å². The molecule has 1 aliphatic rings. The number of anilines is 2. The van der Waals surface area contributed by atoms with Gasteiger partial charge in [-0.1, -0.05) is 0 Å². The first kappa shape index (κ1) is 19.1. The molecule has 0 bridgehead atoms. The molecule has 0 aliphatic carbocycles. The maximum absolute atomic E-state index is 13.1. The van der Waals surface area contributed by atoms with Gasteiger partial charge in [0.2, 0.25) is 0 Å². The number of nitrogens with one attached hydrogen (secondary N) is 1. The number of ether oxygens (including phenoxy) is 1. The van der Waals surface area contributed by atoms with E-state index in [0.717, 1.165) is 44.1 Å². The number of methoxy groups -OCH3 is 1. The van der Waals surface area contributed by atoms with E-state index in [4.69, 9.17) is 4.74 Å². The van der Waals surface area contributed by atoms with Gasteiger partial charge in [0, 0.05) is 58.3 Å². The number of aromatic nitrogens is 1. The summed E-state index contributed by atoms with van der Waals surface area (Å²) in [6, 6.07) is 10.3. The van der Waals surface area contributed by atoms with Gasteiger partial charge in [-0.3, -0.25) is 4.79 Å². The van der Waals surface area contributed by atoms with Gasteiger partial charge in [-0.05, 0) is 42.8 Å². The summed E-state index contributed by atoms with van der Waals surface area (Å²) in [5.41, 5.74) is 1.59. The molecule has 1 N–H and O–H groups in total. The highest BCUT2D eigenvalue weighted by Crippen LogP contribution is 2.19. The number of piperazine rings is 1. The average Bonchev–Trinajstić information content (AvgIpc) is 2.72. The van der Waals surface area contributed by atoms with Crippen molar-refractivity contribution in [1.29, 1.82) is 0 Å². The number of nitrogens with zero attached hydrogens (tertiary/aromatic N) is 3. The molecule has 1 fully saturated rings. The van der Waals surface area contributed by atoms with Crippen molar-refractivity contribution >= 4 is 17.4 Å². The Morgan fingerprint density at radius 3 is 2.44 bits per heavy atom. The molecule has 0 saturated carbocycles. The molecule has 1 aliphatic heterocycles. The first-order chi connectivity index (χ1) is 13.2. The molecule has 3 rings (SSSR count). The monoisotopic (exact) mass is 372 g/mol. The third-order valence-electron chi connectivity index (χ3n) is 4.62. The minimum Gasteiger partial charge on any atom is -0.385 e. The Kier molecular flexibility index (Phi) is 6.59. The van der Waals surface area contributed by atoms with E-state index in [9.17, 15) is 9.18 Å². The van der Waals surface area contributed by atoms with Crippen molar-refractivity contribution in [3.63, 3.8) is 0 Å². The lowest BCUT2D eigenvalue weighted by Gasteiger charge is -2.36. The highest BCUT2D eigenvalue weighted by molar-refractivity contribution is 5.94. The van der Waals surface area contributed by atoms with E-state index in [1.165, 1.54) is 12.1 Å². The second-order valence-electron chi connectivity index (χ2n) is 6.46. The van der Waals surface area contributed by atoms with Gasteiger partial charge in [-0.2, -0.15) is 0 Å². The van der Waals surface area contributed by atoms with Gasteiger partial charge in [-0.25, -0.2) is 9.37 Å². The van der Waals surface area contributed by atoms with Crippen LogP contribution >= 0.6 is 0 Å². The molecule has 1 saturated heterocycles. The number of carbonyl (C=O) groups is 1. The van der Waals surface area contributed by atoms with E-state index < -0.39 is 0 Å². The fraction of sp³-hybridized carbons (Fsp3) is 0.400. The van der Waals surface area contributed by atoms with Crippen LogP contribution in [-0.4, -0.2) is 57.3 Å². The number of rotatable bonds is 7. The largest absolute Gasteiger partial charge is 0.385 e. The van der Waals surface area contributed by atoms with Crippen LogP contribution < -0.4 is 15.1 Å². The first-order valence-corrected chi connectivity index (χ1v) is 9.16. The standard InChI is InChI=1S/C20H25FN4O2/c1-27-14-2-9-22-20(26)16-3-8-19(23-15-16)25-12-10-24(11-13-25)18-6-4-17(21)5-7-18/h3-8,15H,2,9-14H2,1H3,(H,22,26). The van der Waals surface area contributed by atoms with Gasteiger partial charge < -0.3 is 19.9 Å². The Labute approximate surface area is 158 Å². The van der Waals surface area contributed by atoms with Crippen LogP contribution in [0.2, 0.25) is 0 Å². The van der Waals surface area contributed by atoms with Gasteiger partial charge in [0.1, 0.15) is 11.6 Å². The normalized spacial score (nSPS) is 14.3. The summed E-state index contributed by atoms with van der Waals surface area (Å²) in [5, 5.41) is 2.85. The van der Waals surface area contributed by atoms with Crippen molar-refractivity contribution in [2.24, 2.45) is 0 Å². The summed E-state index contributed by atoms with van der Waals surface area (Å²) < 4.78 is 18.0. The zero-order valence-electron chi connectivity index (χ0n) is 15.5. The van der Waals surface area contributed by atoms with Gasteiger partial charge in [0.25, 0.3) is 5.91 Å². The molecule has 0 unspecified atom stereocenters. The Morgan fingerprint density at radius 1 is 1.11 bits per heavy atom. The lowest BCUT2D eigenvalue weighted by molar-refractivity contribution is 0.0948. The smallest absolute Gasteiger partial charge is 0.252 e. The van der Waals surface area contributed by atoms with Crippen LogP contribution in [0.5, 0.6) is 0 Å². The van der Waals surface area contributed by atoms with Crippen LogP contribution in [0.3, 0.4) is 0 Å². The number of halogens is 1. The molecule has 144 valence electrons. The Hall–Kier alpha value is -2.67. The number of pyridine rings is 1. The van der Waals surface area contributed by atoms with E-state index in [-0.39, 0.29) is 11.7 Å². The second-order valence-corrected chi connectivity index (χ2v) is 6.46. The predicted octanol–water partition coefficient (Wildman–Crippen LogP) is 2.31. The van der Waals surface area contributed by atoms with E-state index in [0.29, 0.717) is 18.7 Å². The zero-order chi connectivity index (χ0) is 19.1. The third-order valence-corrected chi connectivity index (χ3v) is 4.62. The molecule has 0 atom stereocenters. The SMILES string of the molecule is COCCCNC(=O)c1ccc(N2CCN(c3ccc(F)cc3)CC2)nc1. The topological polar surface area (TPSA) is 57.7 Å². The minimum absolute atomic E-state index is 0.119. The fourth-order valence-corrected chi connectivity index (χ4v) is 3.07. The molecular formula is C20H25FN4O2. The molecule has 0 radical (unpaired) electrons. The summed E-state index contributed by atoms with van der Waals surface area (Å²) >= 11 is 0. The Balaban J connectivity index is 1.51. The average molecular weight is 372 g/mol. The number of hydrogen-bond acceptors (Lipinski definition) is 5. The summed E-state index contributed by atoms with van der Waals surface area (Å²) in [4.78, 5) is 21.0. The van der Waals surface area contributed by atoms with Crippen molar-refractivity contribution in [3.05, 3.63) is 54.0 Å². The highest BCUT2D eigenvalue weighted by atomic mass is 19.1. The van der Waals surface area contributed by atoms with Crippen LogP contribution in [-0.2, 0) is 4.74 Å². The second kappa shape index (κ2) is 9.32. The maximum atomic E-state index is 13.1. The van der Waals surface area contributed by atoms with Crippen LogP contribution in [0.4, 0.5) is 15.9 Å². The summed E-state index contributed by atoms with van der Waals surface area (Å²) in [5.74, 6) is 0.528. The predicted molar refractivity (Wildman–Crippen MR) is 104 cm³/mol. The van der Waals surface area contributed by atoms with E-state index in [2.05, 4.69) is 20.1 Å². The van der Waals surface area contributed by atoms with E-state index in [1.807, 2.05) is 18.2 Å². The van der Waals surface area contributed by atoms with E-state index in [1.54, 1.807) is 19.4 Å². The van der Waals surface area contributed by atoms with Crippen LogP contribution in [0.1, 0.15) is 16.8 Å². The number of hydrogen-bond donors (Lipinski definition) is 1. The first-order valence-electron chi connectivity index (χ1n) is 9.16. The summed E-state index contributed by atoms with van der Waals surface area (Å²) in [7, 11) is 1.64. The lowest BCUT2D eigenvalue weighted by Crippen LogP contribution is -2.46. The summed E-state index contributed by atoms with van der Waals surface area (Å²) in [6.45, 7) is 4.55. The maximum Gasteiger partial charge on any atom is 0.252 e. The molecule has 0 spiro atoms. The molecule has 27 heavy (non-hydrogen) atoms. The molecule has 1 aromatic heterocycles. The van der Waals surface area contributed by atoms with Gasteiger partial charge in [0.15, 0.2) is 0 Å². The zero-order valence-corrected chi connectivity index (χ0v) is 15.5. The van der Waals surface area contributed by atoms with Gasteiger partial charge in [-0.15, -0.1) is 0 Å². The molecule has 2 aromatic rings. The molecule has 2 heterocycles. The third kappa shape index (κ3) is 5.17. The number of amides is 1. The lowest BCUT2D eigenvalue weighted by atomic mass is 10.2. The molecule has 7 heteroatoms. The van der Waals surface area contributed by atoms with Crippen LogP contribution in [0, 0.1) is 5.82 Å². The molecule has 1 aromatic carbocycles. The molecule has 1 amide bonds. The van der Waals surface area contributed by atoms with Crippen molar-refractivity contribution in [3.8, 4) is 0 Å². The van der Waals surface area contributed by atoms with Gasteiger partial charge >= 0.3 is 0 Å². The van der Waals surface area contributed by atoms with Crippen molar-refractivity contribution in [2.45, 2.75) is 6.42 Å².